The molecule has 0 unspecified atom stereocenters. The first-order chi connectivity index (χ1) is 11.1. The van der Waals surface area contributed by atoms with Crippen LogP contribution in [0.5, 0.6) is 0 Å². The summed E-state index contributed by atoms with van der Waals surface area (Å²) in [7, 11) is 1.68. The summed E-state index contributed by atoms with van der Waals surface area (Å²) in [5.41, 5.74) is 4.66. The van der Waals surface area contributed by atoms with Gasteiger partial charge in [0.25, 0.3) is 5.91 Å². The summed E-state index contributed by atoms with van der Waals surface area (Å²) in [6, 6.07) is 6.24. The smallest absolute Gasteiger partial charge is 0.273 e. The first-order valence-electron chi connectivity index (χ1n) is 7.98. The van der Waals surface area contributed by atoms with Crippen LogP contribution in [0.2, 0.25) is 0 Å². The van der Waals surface area contributed by atoms with E-state index in [1.807, 2.05) is 0 Å². The number of benzene rings is 1. The van der Waals surface area contributed by atoms with Gasteiger partial charge in [-0.2, -0.15) is 0 Å². The maximum Gasteiger partial charge on any atom is 0.273 e. The van der Waals surface area contributed by atoms with Gasteiger partial charge in [-0.05, 0) is 36.0 Å². The molecular formula is C18H22N2O3. The van der Waals surface area contributed by atoms with Crippen molar-refractivity contribution >= 4 is 5.91 Å². The van der Waals surface area contributed by atoms with Crippen LogP contribution in [0.25, 0.3) is 11.3 Å². The zero-order chi connectivity index (χ0) is 16.4. The summed E-state index contributed by atoms with van der Waals surface area (Å²) < 4.78 is 10.7. The van der Waals surface area contributed by atoms with Gasteiger partial charge in [0.05, 0.1) is 6.61 Å². The summed E-state index contributed by atoms with van der Waals surface area (Å²) in [5.74, 6) is 0.970. The van der Waals surface area contributed by atoms with Crippen LogP contribution in [0, 0.1) is 5.92 Å². The number of amides is 1. The predicted octanol–water partition coefficient (Wildman–Crippen LogP) is 2.97. The Hall–Kier alpha value is -2.14. The SMILES string of the molecule is COCc1ccc2c(c1)-c1onc(C(=O)NCC(C)C)c1CC2. The molecule has 0 spiro atoms. The fourth-order valence-electron chi connectivity index (χ4n) is 2.88. The highest BCUT2D eigenvalue weighted by molar-refractivity contribution is 5.95. The maximum atomic E-state index is 12.3. The molecule has 0 bridgehead atoms. The molecule has 122 valence electrons. The van der Waals surface area contributed by atoms with Crippen molar-refractivity contribution in [3.05, 3.63) is 40.6 Å². The van der Waals surface area contributed by atoms with Crippen molar-refractivity contribution in [2.45, 2.75) is 33.3 Å². The van der Waals surface area contributed by atoms with Crippen LogP contribution >= 0.6 is 0 Å². The van der Waals surface area contributed by atoms with E-state index in [1.54, 1.807) is 7.11 Å². The number of carbonyl (C=O) groups excluding carboxylic acids is 1. The van der Waals surface area contributed by atoms with Gasteiger partial charge in [0.15, 0.2) is 11.5 Å². The van der Waals surface area contributed by atoms with Crippen LogP contribution in [-0.4, -0.2) is 24.7 Å². The van der Waals surface area contributed by atoms with E-state index in [-0.39, 0.29) is 5.91 Å². The molecule has 5 nitrogen and oxygen atoms in total. The quantitative estimate of drug-likeness (QED) is 0.921. The van der Waals surface area contributed by atoms with Crippen molar-refractivity contribution in [3.63, 3.8) is 0 Å². The molecule has 1 aliphatic carbocycles. The molecule has 1 amide bonds. The van der Waals surface area contributed by atoms with Crippen LogP contribution in [0.4, 0.5) is 0 Å². The number of hydrogen-bond donors (Lipinski definition) is 1. The zero-order valence-electron chi connectivity index (χ0n) is 13.8. The van der Waals surface area contributed by atoms with E-state index in [4.69, 9.17) is 9.26 Å². The third-order valence-corrected chi connectivity index (χ3v) is 4.05. The molecule has 0 atom stereocenters. The lowest BCUT2D eigenvalue weighted by Gasteiger charge is -2.16. The first-order valence-corrected chi connectivity index (χ1v) is 7.98. The molecule has 1 N–H and O–H groups in total. The highest BCUT2D eigenvalue weighted by Gasteiger charge is 2.27. The Kier molecular flexibility index (Phi) is 4.48. The monoisotopic (exact) mass is 314 g/mol. The molecule has 5 heteroatoms. The van der Waals surface area contributed by atoms with Gasteiger partial charge in [0.1, 0.15) is 0 Å². The number of carbonyl (C=O) groups is 1. The molecule has 0 fully saturated rings. The highest BCUT2D eigenvalue weighted by Crippen LogP contribution is 2.36. The lowest BCUT2D eigenvalue weighted by atomic mass is 9.88. The van der Waals surface area contributed by atoms with Gasteiger partial charge in [0.2, 0.25) is 0 Å². The second kappa shape index (κ2) is 6.54. The zero-order valence-corrected chi connectivity index (χ0v) is 13.8. The number of nitrogens with zero attached hydrogens (tertiary/aromatic N) is 1. The number of aromatic nitrogens is 1. The van der Waals surface area contributed by atoms with Crippen molar-refractivity contribution in [1.29, 1.82) is 0 Å². The minimum absolute atomic E-state index is 0.153. The Morgan fingerprint density at radius 1 is 1.39 bits per heavy atom. The molecule has 23 heavy (non-hydrogen) atoms. The minimum atomic E-state index is -0.153. The molecule has 1 aromatic heterocycles. The van der Waals surface area contributed by atoms with Crippen molar-refractivity contribution in [2.75, 3.05) is 13.7 Å². The average Bonchev–Trinajstić information content (AvgIpc) is 2.97. The van der Waals surface area contributed by atoms with Gasteiger partial charge in [-0.1, -0.05) is 31.1 Å². The summed E-state index contributed by atoms with van der Waals surface area (Å²) >= 11 is 0. The fourth-order valence-corrected chi connectivity index (χ4v) is 2.88. The first kappa shape index (κ1) is 15.7. The van der Waals surface area contributed by atoms with Gasteiger partial charge < -0.3 is 14.6 Å². The van der Waals surface area contributed by atoms with Crippen molar-refractivity contribution in [1.82, 2.24) is 10.5 Å². The summed E-state index contributed by atoms with van der Waals surface area (Å²) in [5, 5.41) is 6.94. The van der Waals surface area contributed by atoms with Crippen molar-refractivity contribution < 1.29 is 14.1 Å². The molecular weight excluding hydrogens is 292 g/mol. The number of nitrogens with one attached hydrogen (secondary N) is 1. The highest BCUT2D eigenvalue weighted by atomic mass is 16.5. The Bertz CT molecular complexity index is 719. The normalized spacial score (nSPS) is 12.9. The van der Waals surface area contributed by atoms with E-state index in [2.05, 4.69) is 42.5 Å². The topological polar surface area (TPSA) is 64.4 Å². The molecule has 0 saturated heterocycles. The fraction of sp³-hybridized carbons (Fsp3) is 0.444. The van der Waals surface area contributed by atoms with E-state index in [9.17, 15) is 4.79 Å². The van der Waals surface area contributed by atoms with Crippen molar-refractivity contribution in [2.24, 2.45) is 5.92 Å². The number of aryl methyl sites for hydroxylation is 1. The molecule has 0 saturated carbocycles. The second-order valence-electron chi connectivity index (χ2n) is 6.37. The third kappa shape index (κ3) is 3.15. The predicted molar refractivity (Wildman–Crippen MR) is 87.2 cm³/mol. The third-order valence-electron chi connectivity index (χ3n) is 4.05. The summed E-state index contributed by atoms with van der Waals surface area (Å²) in [6.07, 6.45) is 1.67. The lowest BCUT2D eigenvalue weighted by Crippen LogP contribution is -2.28. The molecule has 3 rings (SSSR count). The van der Waals surface area contributed by atoms with E-state index in [0.29, 0.717) is 24.8 Å². The Labute approximate surface area is 136 Å². The van der Waals surface area contributed by atoms with Gasteiger partial charge in [0, 0.05) is 24.8 Å². The van der Waals surface area contributed by atoms with Crippen LogP contribution in [0.15, 0.2) is 22.7 Å². The number of fused-ring (bicyclic) bond motifs is 3. The average molecular weight is 314 g/mol. The number of rotatable bonds is 5. The van der Waals surface area contributed by atoms with E-state index in [0.717, 1.165) is 35.3 Å². The summed E-state index contributed by atoms with van der Waals surface area (Å²) in [4.78, 5) is 12.3. The van der Waals surface area contributed by atoms with Gasteiger partial charge in [-0.25, -0.2) is 0 Å². The van der Waals surface area contributed by atoms with Gasteiger partial charge in [-0.15, -0.1) is 0 Å². The van der Waals surface area contributed by atoms with Crippen molar-refractivity contribution in [3.8, 4) is 11.3 Å². The van der Waals surface area contributed by atoms with Crippen LogP contribution < -0.4 is 5.32 Å². The number of methoxy groups -OCH3 is 1. The molecule has 1 heterocycles. The second-order valence-corrected chi connectivity index (χ2v) is 6.37. The molecule has 0 radical (unpaired) electrons. The molecule has 2 aromatic rings. The van der Waals surface area contributed by atoms with E-state index >= 15 is 0 Å². The van der Waals surface area contributed by atoms with Crippen LogP contribution in [0.3, 0.4) is 0 Å². The maximum absolute atomic E-state index is 12.3. The molecule has 1 aliphatic rings. The van der Waals surface area contributed by atoms with Crippen LogP contribution in [-0.2, 0) is 24.2 Å². The molecule has 0 aliphatic heterocycles. The minimum Gasteiger partial charge on any atom is -0.380 e. The Morgan fingerprint density at radius 3 is 2.96 bits per heavy atom. The van der Waals surface area contributed by atoms with E-state index < -0.39 is 0 Å². The molecule has 1 aromatic carbocycles. The van der Waals surface area contributed by atoms with E-state index in [1.165, 1.54) is 5.56 Å². The largest absolute Gasteiger partial charge is 0.380 e. The standard InChI is InChI=1S/C18H22N2O3/c1-11(2)9-19-18(21)16-14-7-6-13-5-4-12(10-22-3)8-15(13)17(14)23-20-16/h4-5,8,11H,6-7,9-10H2,1-3H3,(H,19,21). The van der Waals surface area contributed by atoms with Crippen LogP contribution in [0.1, 0.15) is 41.0 Å². The Morgan fingerprint density at radius 2 is 2.22 bits per heavy atom. The number of hydrogen-bond acceptors (Lipinski definition) is 4. The summed E-state index contributed by atoms with van der Waals surface area (Å²) in [6.45, 7) is 5.31. The Balaban J connectivity index is 1.91. The van der Waals surface area contributed by atoms with Gasteiger partial charge in [-0.3, -0.25) is 4.79 Å². The van der Waals surface area contributed by atoms with Gasteiger partial charge >= 0.3 is 0 Å². The lowest BCUT2D eigenvalue weighted by molar-refractivity contribution is 0.0939. The number of ether oxygens (including phenoxy) is 1.